The van der Waals surface area contributed by atoms with Crippen molar-refractivity contribution in [3.63, 3.8) is 0 Å². The molecule has 0 heterocycles. The van der Waals surface area contributed by atoms with E-state index in [1.165, 1.54) is 7.11 Å². The van der Waals surface area contributed by atoms with Gasteiger partial charge in [-0.05, 0) is 20.3 Å². The second kappa shape index (κ2) is 7.22. The number of ether oxygens (including phenoxy) is 1. The summed E-state index contributed by atoms with van der Waals surface area (Å²) in [5, 5.41) is 5.68. The van der Waals surface area contributed by atoms with Gasteiger partial charge in [0.2, 0.25) is 5.91 Å². The first-order valence-electron chi connectivity index (χ1n) is 5.50. The molecular formula is C11H22N2O3. The van der Waals surface area contributed by atoms with Crippen LogP contribution in [0.25, 0.3) is 0 Å². The Labute approximate surface area is 96.9 Å². The van der Waals surface area contributed by atoms with E-state index >= 15 is 0 Å². The lowest BCUT2D eigenvalue weighted by molar-refractivity contribution is -0.150. The zero-order valence-corrected chi connectivity index (χ0v) is 10.6. The van der Waals surface area contributed by atoms with Gasteiger partial charge in [-0.3, -0.25) is 9.59 Å². The molecule has 0 aliphatic carbocycles. The van der Waals surface area contributed by atoms with Gasteiger partial charge in [0, 0.05) is 13.1 Å². The number of esters is 1. The van der Waals surface area contributed by atoms with Crippen molar-refractivity contribution in [3.05, 3.63) is 0 Å². The molecule has 0 bridgehead atoms. The quantitative estimate of drug-likeness (QED) is 0.617. The van der Waals surface area contributed by atoms with Crippen LogP contribution in [0.1, 0.15) is 27.2 Å². The minimum atomic E-state index is -0.611. The molecule has 5 heteroatoms. The lowest BCUT2D eigenvalue weighted by atomic mass is 9.94. The van der Waals surface area contributed by atoms with E-state index in [2.05, 4.69) is 15.4 Å². The Kier molecular flexibility index (Phi) is 6.72. The predicted molar refractivity (Wildman–Crippen MR) is 62.0 cm³/mol. The summed E-state index contributed by atoms with van der Waals surface area (Å²) in [6.45, 7) is 6.86. The third-order valence-corrected chi connectivity index (χ3v) is 2.16. The fourth-order valence-corrected chi connectivity index (χ4v) is 1.16. The van der Waals surface area contributed by atoms with E-state index in [-0.39, 0.29) is 18.4 Å². The highest BCUT2D eigenvalue weighted by atomic mass is 16.5. The molecule has 0 saturated carbocycles. The van der Waals surface area contributed by atoms with Crippen molar-refractivity contribution in [1.29, 1.82) is 0 Å². The summed E-state index contributed by atoms with van der Waals surface area (Å²) >= 11 is 0. The van der Waals surface area contributed by atoms with Crippen molar-refractivity contribution in [2.45, 2.75) is 27.2 Å². The number of hydrogen-bond donors (Lipinski definition) is 2. The van der Waals surface area contributed by atoms with Gasteiger partial charge in [0.15, 0.2) is 0 Å². The van der Waals surface area contributed by atoms with Crippen LogP contribution in [0, 0.1) is 5.41 Å². The molecule has 0 spiro atoms. The van der Waals surface area contributed by atoms with Gasteiger partial charge in [-0.1, -0.05) is 6.92 Å². The summed E-state index contributed by atoms with van der Waals surface area (Å²) in [7, 11) is 1.36. The fourth-order valence-electron chi connectivity index (χ4n) is 1.16. The molecule has 0 aromatic carbocycles. The van der Waals surface area contributed by atoms with Crippen molar-refractivity contribution in [2.24, 2.45) is 5.41 Å². The summed E-state index contributed by atoms with van der Waals surface area (Å²) in [6, 6.07) is 0. The van der Waals surface area contributed by atoms with E-state index < -0.39 is 5.41 Å². The summed E-state index contributed by atoms with van der Waals surface area (Å²) in [4.78, 5) is 22.6. The first-order valence-corrected chi connectivity index (χ1v) is 5.50. The molecule has 0 aliphatic heterocycles. The predicted octanol–water partition coefficient (Wildman–Crippen LogP) is 0.301. The Balaban J connectivity index is 3.80. The van der Waals surface area contributed by atoms with E-state index in [1.807, 2.05) is 6.92 Å². The summed E-state index contributed by atoms with van der Waals surface area (Å²) < 4.78 is 4.66. The molecule has 0 fully saturated rings. The first-order chi connectivity index (χ1) is 7.44. The van der Waals surface area contributed by atoms with Crippen LogP contribution >= 0.6 is 0 Å². The van der Waals surface area contributed by atoms with Gasteiger partial charge in [-0.25, -0.2) is 0 Å². The van der Waals surface area contributed by atoms with E-state index in [9.17, 15) is 9.59 Å². The van der Waals surface area contributed by atoms with Crippen LogP contribution in [-0.4, -0.2) is 38.6 Å². The fraction of sp³-hybridized carbons (Fsp3) is 0.818. The number of hydrogen-bond acceptors (Lipinski definition) is 4. The first kappa shape index (κ1) is 14.9. The number of carbonyl (C=O) groups is 2. The molecule has 0 aromatic rings. The molecular weight excluding hydrogens is 208 g/mol. The van der Waals surface area contributed by atoms with Crippen LogP contribution in [0.3, 0.4) is 0 Å². The van der Waals surface area contributed by atoms with Crippen molar-refractivity contribution < 1.29 is 14.3 Å². The van der Waals surface area contributed by atoms with Gasteiger partial charge in [0.05, 0.1) is 19.1 Å². The third kappa shape index (κ3) is 5.70. The average molecular weight is 230 g/mol. The maximum atomic E-state index is 11.3. The zero-order chi connectivity index (χ0) is 12.6. The maximum Gasteiger partial charge on any atom is 0.312 e. The van der Waals surface area contributed by atoms with Crippen molar-refractivity contribution in [2.75, 3.05) is 26.7 Å². The summed E-state index contributed by atoms with van der Waals surface area (Å²) in [6.07, 6.45) is 0.916. The molecule has 0 radical (unpaired) electrons. The number of nitrogens with one attached hydrogen (secondary N) is 2. The lowest BCUT2D eigenvalue weighted by Crippen LogP contribution is -2.41. The van der Waals surface area contributed by atoms with Crippen molar-refractivity contribution >= 4 is 11.9 Å². The number of amides is 1. The van der Waals surface area contributed by atoms with Gasteiger partial charge >= 0.3 is 5.97 Å². The van der Waals surface area contributed by atoms with Crippen molar-refractivity contribution in [1.82, 2.24) is 10.6 Å². The Bertz CT molecular complexity index is 239. The highest BCUT2D eigenvalue weighted by Crippen LogP contribution is 2.14. The number of carbonyl (C=O) groups excluding carboxylic acids is 2. The summed E-state index contributed by atoms with van der Waals surface area (Å²) in [5.74, 6) is -0.337. The SMILES string of the molecule is CCCNC(=O)CNCC(C)(C)C(=O)OC. The molecule has 1 amide bonds. The number of methoxy groups -OCH3 is 1. The van der Waals surface area contributed by atoms with Crippen LogP contribution in [0.15, 0.2) is 0 Å². The Morgan fingerprint density at radius 1 is 1.31 bits per heavy atom. The topological polar surface area (TPSA) is 67.4 Å². The highest BCUT2D eigenvalue weighted by molar-refractivity contribution is 5.78. The van der Waals surface area contributed by atoms with E-state index in [4.69, 9.17) is 0 Å². The van der Waals surface area contributed by atoms with Crippen LogP contribution in [0.4, 0.5) is 0 Å². The Morgan fingerprint density at radius 2 is 1.94 bits per heavy atom. The molecule has 0 aliphatic rings. The van der Waals surface area contributed by atoms with Crippen LogP contribution in [0.2, 0.25) is 0 Å². The largest absolute Gasteiger partial charge is 0.469 e. The molecule has 0 aromatic heterocycles. The van der Waals surface area contributed by atoms with E-state index in [0.717, 1.165) is 6.42 Å². The average Bonchev–Trinajstić information content (AvgIpc) is 2.24. The van der Waals surface area contributed by atoms with Gasteiger partial charge in [0.1, 0.15) is 0 Å². The molecule has 0 unspecified atom stereocenters. The third-order valence-electron chi connectivity index (χ3n) is 2.16. The standard InChI is InChI=1S/C11H22N2O3/c1-5-6-13-9(14)7-12-8-11(2,3)10(15)16-4/h12H,5-8H2,1-4H3,(H,13,14). The van der Waals surface area contributed by atoms with Crippen LogP contribution in [0.5, 0.6) is 0 Å². The summed E-state index contributed by atoms with van der Waals surface area (Å²) in [5.41, 5.74) is -0.611. The molecule has 94 valence electrons. The Morgan fingerprint density at radius 3 is 2.44 bits per heavy atom. The van der Waals surface area contributed by atoms with Crippen LogP contribution in [-0.2, 0) is 14.3 Å². The molecule has 0 saturated heterocycles. The highest BCUT2D eigenvalue weighted by Gasteiger charge is 2.28. The molecule has 0 rings (SSSR count). The minimum absolute atomic E-state index is 0.0532. The van der Waals surface area contributed by atoms with Crippen LogP contribution < -0.4 is 10.6 Å². The van der Waals surface area contributed by atoms with Gasteiger partial charge in [0.25, 0.3) is 0 Å². The lowest BCUT2D eigenvalue weighted by Gasteiger charge is -2.21. The monoisotopic (exact) mass is 230 g/mol. The minimum Gasteiger partial charge on any atom is -0.469 e. The second-order valence-corrected chi connectivity index (χ2v) is 4.33. The normalized spacial score (nSPS) is 11.0. The van der Waals surface area contributed by atoms with E-state index in [0.29, 0.717) is 13.1 Å². The molecule has 16 heavy (non-hydrogen) atoms. The number of rotatable bonds is 7. The Hall–Kier alpha value is -1.10. The molecule has 2 N–H and O–H groups in total. The second-order valence-electron chi connectivity index (χ2n) is 4.33. The van der Waals surface area contributed by atoms with Gasteiger partial charge in [-0.15, -0.1) is 0 Å². The van der Waals surface area contributed by atoms with E-state index in [1.54, 1.807) is 13.8 Å². The van der Waals surface area contributed by atoms with Gasteiger partial charge in [-0.2, -0.15) is 0 Å². The molecule has 0 atom stereocenters. The molecule has 5 nitrogen and oxygen atoms in total. The zero-order valence-electron chi connectivity index (χ0n) is 10.6. The maximum absolute atomic E-state index is 11.3. The van der Waals surface area contributed by atoms with Crippen molar-refractivity contribution in [3.8, 4) is 0 Å². The van der Waals surface area contributed by atoms with Gasteiger partial charge < -0.3 is 15.4 Å². The smallest absolute Gasteiger partial charge is 0.312 e.